The molecule has 0 saturated carbocycles. The summed E-state index contributed by atoms with van der Waals surface area (Å²) in [5.74, 6) is 1.29. The minimum Gasteiger partial charge on any atom is -0.454 e. The predicted molar refractivity (Wildman–Crippen MR) is 85.5 cm³/mol. The Hall–Kier alpha value is -1.46. The quantitative estimate of drug-likeness (QED) is 0.841. The number of halogens is 1. The van der Waals surface area contributed by atoms with Crippen LogP contribution in [-0.4, -0.2) is 37.2 Å². The molecular weight excluding hydrogens is 292 g/mol. The van der Waals surface area contributed by atoms with Gasteiger partial charge in [-0.15, -0.1) is 12.4 Å². The second kappa shape index (κ2) is 8.74. The van der Waals surface area contributed by atoms with Gasteiger partial charge in [0.15, 0.2) is 11.5 Å². The summed E-state index contributed by atoms with van der Waals surface area (Å²) < 4.78 is 10.7. The molecule has 0 aliphatic carbocycles. The Bertz CT molecular complexity index is 462. The minimum atomic E-state index is -0.0178. The summed E-state index contributed by atoms with van der Waals surface area (Å²) in [5, 5.41) is 2.90. The van der Waals surface area contributed by atoms with E-state index in [-0.39, 0.29) is 25.1 Å². The van der Waals surface area contributed by atoms with Crippen LogP contribution in [0.5, 0.6) is 11.5 Å². The standard InChI is InChI=1S/C15H22N2O3.ClH/c1-3-8-17(9-4-2)10-14(18)16-12-6-5-7-13-15(12)20-11-19-13;/h5-7H,3-4,8-11H2,1-2H3,(H,16,18);1H. The van der Waals surface area contributed by atoms with Gasteiger partial charge in [0.05, 0.1) is 12.2 Å². The lowest BCUT2D eigenvalue weighted by molar-refractivity contribution is -0.117. The van der Waals surface area contributed by atoms with Crippen molar-refractivity contribution in [2.24, 2.45) is 0 Å². The number of carbonyl (C=O) groups excluding carboxylic acids is 1. The van der Waals surface area contributed by atoms with Crippen molar-refractivity contribution in [1.82, 2.24) is 4.90 Å². The zero-order valence-corrected chi connectivity index (χ0v) is 13.4. The molecule has 0 spiro atoms. The Morgan fingerprint density at radius 2 is 1.95 bits per heavy atom. The van der Waals surface area contributed by atoms with Crippen LogP contribution in [0.1, 0.15) is 26.7 Å². The number of hydrogen-bond donors (Lipinski definition) is 1. The maximum absolute atomic E-state index is 12.1. The summed E-state index contributed by atoms with van der Waals surface area (Å²) in [7, 11) is 0. The van der Waals surface area contributed by atoms with Gasteiger partial charge in [0.2, 0.25) is 12.7 Å². The number of rotatable bonds is 7. The van der Waals surface area contributed by atoms with E-state index in [0.717, 1.165) is 25.9 Å². The van der Waals surface area contributed by atoms with Crippen LogP contribution in [0.4, 0.5) is 5.69 Å². The van der Waals surface area contributed by atoms with Gasteiger partial charge in [-0.3, -0.25) is 9.69 Å². The lowest BCUT2D eigenvalue weighted by Crippen LogP contribution is -2.34. The molecule has 1 aliphatic heterocycles. The van der Waals surface area contributed by atoms with Gasteiger partial charge in [-0.1, -0.05) is 19.9 Å². The predicted octanol–water partition coefficient (Wildman–Crippen LogP) is 2.90. The fourth-order valence-corrected chi connectivity index (χ4v) is 2.32. The van der Waals surface area contributed by atoms with Crippen molar-refractivity contribution in [3.05, 3.63) is 18.2 Å². The van der Waals surface area contributed by atoms with E-state index in [1.165, 1.54) is 0 Å². The molecule has 0 saturated heterocycles. The van der Waals surface area contributed by atoms with Gasteiger partial charge in [0, 0.05) is 0 Å². The summed E-state index contributed by atoms with van der Waals surface area (Å²) in [6, 6.07) is 5.51. The average molecular weight is 315 g/mol. The van der Waals surface area contributed by atoms with Crippen LogP contribution in [0.3, 0.4) is 0 Å². The number of para-hydroxylation sites is 1. The van der Waals surface area contributed by atoms with E-state index in [4.69, 9.17) is 9.47 Å². The zero-order chi connectivity index (χ0) is 14.4. The fraction of sp³-hybridized carbons (Fsp3) is 0.533. The van der Waals surface area contributed by atoms with Crippen molar-refractivity contribution >= 4 is 24.0 Å². The van der Waals surface area contributed by atoms with E-state index < -0.39 is 0 Å². The van der Waals surface area contributed by atoms with Crippen molar-refractivity contribution in [2.75, 3.05) is 31.7 Å². The highest BCUT2D eigenvalue weighted by atomic mass is 35.5. The van der Waals surface area contributed by atoms with Crippen molar-refractivity contribution in [1.29, 1.82) is 0 Å². The third-order valence-corrected chi connectivity index (χ3v) is 3.12. The summed E-state index contributed by atoms with van der Waals surface area (Å²) in [6.07, 6.45) is 2.09. The van der Waals surface area contributed by atoms with E-state index in [2.05, 4.69) is 24.1 Å². The number of hydrogen-bond acceptors (Lipinski definition) is 4. The normalized spacial score (nSPS) is 12.1. The Morgan fingerprint density at radius 1 is 1.24 bits per heavy atom. The molecule has 1 aromatic carbocycles. The first kappa shape index (κ1) is 17.6. The third kappa shape index (κ3) is 4.79. The number of ether oxygens (including phenoxy) is 2. The molecule has 0 aromatic heterocycles. The van der Waals surface area contributed by atoms with E-state index >= 15 is 0 Å². The highest BCUT2D eigenvalue weighted by Crippen LogP contribution is 2.38. The summed E-state index contributed by atoms with van der Waals surface area (Å²) in [5.41, 5.74) is 0.679. The van der Waals surface area contributed by atoms with Crippen LogP contribution >= 0.6 is 12.4 Å². The van der Waals surface area contributed by atoms with Gasteiger partial charge < -0.3 is 14.8 Å². The first-order valence-electron chi connectivity index (χ1n) is 7.15. The number of benzene rings is 1. The van der Waals surface area contributed by atoms with Crippen molar-refractivity contribution < 1.29 is 14.3 Å². The fourth-order valence-electron chi connectivity index (χ4n) is 2.32. The minimum absolute atomic E-state index is 0. The largest absolute Gasteiger partial charge is 0.454 e. The molecule has 2 rings (SSSR count). The Morgan fingerprint density at radius 3 is 2.62 bits per heavy atom. The molecule has 5 nitrogen and oxygen atoms in total. The van der Waals surface area contributed by atoms with Crippen molar-refractivity contribution in [2.45, 2.75) is 26.7 Å². The Kier molecular flexibility index (Phi) is 7.32. The Labute approximate surface area is 132 Å². The van der Waals surface area contributed by atoms with Crippen LogP contribution in [0, 0.1) is 0 Å². The highest BCUT2D eigenvalue weighted by molar-refractivity contribution is 5.94. The summed E-state index contributed by atoms with van der Waals surface area (Å²) in [6.45, 7) is 6.74. The number of nitrogens with zero attached hydrogens (tertiary/aromatic N) is 1. The molecule has 0 bridgehead atoms. The first-order valence-corrected chi connectivity index (χ1v) is 7.15. The molecule has 118 valence electrons. The molecule has 6 heteroatoms. The second-order valence-corrected chi connectivity index (χ2v) is 4.86. The molecule has 1 aliphatic rings. The lowest BCUT2D eigenvalue weighted by Gasteiger charge is -2.20. The van der Waals surface area contributed by atoms with E-state index in [9.17, 15) is 4.79 Å². The summed E-state index contributed by atoms with van der Waals surface area (Å²) >= 11 is 0. The monoisotopic (exact) mass is 314 g/mol. The van der Waals surface area contributed by atoms with Crippen LogP contribution in [0.15, 0.2) is 18.2 Å². The number of nitrogens with one attached hydrogen (secondary N) is 1. The average Bonchev–Trinajstić information content (AvgIpc) is 2.88. The van der Waals surface area contributed by atoms with Crippen LogP contribution in [0.2, 0.25) is 0 Å². The van der Waals surface area contributed by atoms with Gasteiger partial charge in [0.1, 0.15) is 0 Å². The van der Waals surface area contributed by atoms with Gasteiger partial charge in [0.25, 0.3) is 0 Å². The SMILES string of the molecule is CCCN(CCC)CC(=O)Nc1cccc2c1OCO2.Cl. The number of carbonyl (C=O) groups is 1. The molecule has 21 heavy (non-hydrogen) atoms. The van der Waals surface area contributed by atoms with Crippen LogP contribution in [-0.2, 0) is 4.79 Å². The van der Waals surface area contributed by atoms with Crippen molar-refractivity contribution in [3.63, 3.8) is 0 Å². The van der Waals surface area contributed by atoms with Gasteiger partial charge in [-0.2, -0.15) is 0 Å². The first-order chi connectivity index (χ1) is 9.74. The Balaban J connectivity index is 0.00000220. The number of fused-ring (bicyclic) bond motifs is 1. The van der Waals surface area contributed by atoms with Gasteiger partial charge in [-0.05, 0) is 38.1 Å². The molecule has 1 N–H and O–H groups in total. The molecule has 1 heterocycles. The van der Waals surface area contributed by atoms with E-state index in [1.807, 2.05) is 18.2 Å². The molecule has 0 unspecified atom stereocenters. The maximum Gasteiger partial charge on any atom is 0.238 e. The molecule has 1 aromatic rings. The lowest BCUT2D eigenvalue weighted by atomic mass is 10.2. The van der Waals surface area contributed by atoms with Crippen LogP contribution < -0.4 is 14.8 Å². The zero-order valence-electron chi connectivity index (χ0n) is 12.6. The smallest absolute Gasteiger partial charge is 0.238 e. The molecular formula is C15H23ClN2O3. The summed E-state index contributed by atoms with van der Waals surface area (Å²) in [4.78, 5) is 14.3. The highest BCUT2D eigenvalue weighted by Gasteiger charge is 2.19. The second-order valence-electron chi connectivity index (χ2n) is 4.86. The maximum atomic E-state index is 12.1. The number of amides is 1. The van der Waals surface area contributed by atoms with E-state index in [1.54, 1.807) is 0 Å². The molecule has 1 amide bonds. The van der Waals surface area contributed by atoms with E-state index in [0.29, 0.717) is 23.7 Å². The van der Waals surface area contributed by atoms with Gasteiger partial charge >= 0.3 is 0 Å². The molecule has 0 radical (unpaired) electrons. The molecule has 0 fully saturated rings. The third-order valence-electron chi connectivity index (χ3n) is 3.12. The van der Waals surface area contributed by atoms with Crippen LogP contribution in [0.25, 0.3) is 0 Å². The topological polar surface area (TPSA) is 50.8 Å². The van der Waals surface area contributed by atoms with Gasteiger partial charge in [-0.25, -0.2) is 0 Å². The number of anilines is 1. The molecule has 0 atom stereocenters. The van der Waals surface area contributed by atoms with Crippen molar-refractivity contribution in [3.8, 4) is 11.5 Å².